The molecule has 0 heterocycles. The van der Waals surface area contributed by atoms with Crippen LogP contribution in [0.4, 0.5) is 0 Å². The highest BCUT2D eigenvalue weighted by Gasteiger charge is 2.28. The van der Waals surface area contributed by atoms with Crippen molar-refractivity contribution in [3.63, 3.8) is 0 Å². The average Bonchev–Trinajstić information content (AvgIpc) is 2.50. The van der Waals surface area contributed by atoms with Crippen LogP contribution in [0.5, 0.6) is 0 Å². The number of unbranched alkanes of at least 4 members (excludes halogenated alkanes) is 4. The molecule has 1 N–H and O–H groups in total. The predicted octanol–water partition coefficient (Wildman–Crippen LogP) is 3.91. The molecule has 0 aromatic rings. The maximum absolute atomic E-state index is 12.3. The zero-order valence-corrected chi connectivity index (χ0v) is 14.1. The van der Waals surface area contributed by atoms with Gasteiger partial charge in [0.15, 0.2) is 0 Å². The lowest BCUT2D eigenvalue weighted by atomic mass is 9.82. The first-order chi connectivity index (χ1) is 10.1. The fourth-order valence-corrected chi connectivity index (χ4v) is 3.13. The molecule has 1 fully saturated rings. The summed E-state index contributed by atoms with van der Waals surface area (Å²) in [6.07, 6.45) is 12.8. The second kappa shape index (κ2) is 9.99. The second-order valence-corrected chi connectivity index (χ2v) is 6.55. The number of amides is 1. The number of aliphatic hydroxyl groups excluding tert-OH is 1. The minimum atomic E-state index is -0.577. The van der Waals surface area contributed by atoms with Crippen molar-refractivity contribution < 1.29 is 9.90 Å². The first-order valence-corrected chi connectivity index (χ1v) is 8.67. The van der Waals surface area contributed by atoms with Gasteiger partial charge in [0.05, 0.1) is 6.10 Å². The molecule has 3 nitrogen and oxygen atoms in total. The Kier molecular flexibility index (Phi) is 8.67. The Morgan fingerprint density at radius 2 is 1.86 bits per heavy atom. The van der Waals surface area contributed by atoms with E-state index in [4.69, 9.17) is 0 Å². The molecule has 1 amide bonds. The van der Waals surface area contributed by atoms with E-state index in [-0.39, 0.29) is 11.8 Å². The number of nitrogens with zero attached hydrogens (tertiary/aromatic N) is 1. The molecule has 122 valence electrons. The van der Waals surface area contributed by atoms with E-state index in [2.05, 4.69) is 6.92 Å². The molecule has 0 radical (unpaired) electrons. The number of likely N-dealkylation sites (N-methyl/N-ethyl adjacent to an activating group) is 1. The van der Waals surface area contributed by atoms with E-state index in [1.165, 1.54) is 38.5 Å². The third kappa shape index (κ3) is 6.21. The maximum atomic E-state index is 12.3. The molecule has 0 aliphatic heterocycles. The van der Waals surface area contributed by atoms with E-state index in [0.29, 0.717) is 5.57 Å². The summed E-state index contributed by atoms with van der Waals surface area (Å²) in [5.41, 5.74) is 0.628. The topological polar surface area (TPSA) is 40.5 Å². The quantitative estimate of drug-likeness (QED) is 0.545. The number of carbonyl (C=O) groups is 1. The van der Waals surface area contributed by atoms with E-state index in [9.17, 15) is 9.90 Å². The Balaban J connectivity index is 2.66. The molecular weight excluding hydrogens is 262 g/mol. The second-order valence-electron chi connectivity index (χ2n) is 6.55. The fraction of sp³-hybridized carbons (Fsp3) is 0.833. The summed E-state index contributed by atoms with van der Waals surface area (Å²) in [6, 6.07) is 0. The highest BCUT2D eigenvalue weighted by molar-refractivity contribution is 5.94. The summed E-state index contributed by atoms with van der Waals surface area (Å²) in [4.78, 5) is 13.9. The van der Waals surface area contributed by atoms with E-state index in [1.54, 1.807) is 19.0 Å². The number of allylic oxidation sites excluding steroid dienone is 1. The first kappa shape index (κ1) is 18.2. The van der Waals surface area contributed by atoms with Crippen LogP contribution < -0.4 is 0 Å². The molecule has 1 rings (SSSR count). The van der Waals surface area contributed by atoms with E-state index in [1.807, 2.05) is 6.08 Å². The van der Waals surface area contributed by atoms with Gasteiger partial charge in [-0.3, -0.25) is 4.79 Å². The number of hydrogen-bond acceptors (Lipinski definition) is 2. The first-order valence-electron chi connectivity index (χ1n) is 8.67. The van der Waals surface area contributed by atoms with Gasteiger partial charge in [-0.1, -0.05) is 51.5 Å². The van der Waals surface area contributed by atoms with Gasteiger partial charge in [-0.2, -0.15) is 0 Å². The summed E-state index contributed by atoms with van der Waals surface area (Å²) < 4.78 is 0. The molecular formula is C18H33NO2. The van der Waals surface area contributed by atoms with E-state index < -0.39 is 6.10 Å². The Hall–Kier alpha value is -0.830. The number of hydrogen-bond donors (Lipinski definition) is 1. The molecule has 21 heavy (non-hydrogen) atoms. The summed E-state index contributed by atoms with van der Waals surface area (Å²) in [6.45, 7) is 2.20. The molecule has 0 spiro atoms. The summed E-state index contributed by atoms with van der Waals surface area (Å²) >= 11 is 0. The van der Waals surface area contributed by atoms with Gasteiger partial charge in [0.25, 0.3) is 5.91 Å². The van der Waals surface area contributed by atoms with Gasteiger partial charge in [0.1, 0.15) is 0 Å². The van der Waals surface area contributed by atoms with Gasteiger partial charge in [-0.05, 0) is 31.6 Å². The van der Waals surface area contributed by atoms with Crippen molar-refractivity contribution >= 4 is 5.91 Å². The Morgan fingerprint density at radius 3 is 2.43 bits per heavy atom. The lowest BCUT2D eigenvalue weighted by molar-refractivity contribution is -0.126. The summed E-state index contributed by atoms with van der Waals surface area (Å²) in [5, 5.41) is 10.6. The minimum absolute atomic E-state index is 0.0245. The van der Waals surface area contributed by atoms with Crippen molar-refractivity contribution in [3.8, 4) is 0 Å². The van der Waals surface area contributed by atoms with Crippen LogP contribution in [0.15, 0.2) is 11.6 Å². The van der Waals surface area contributed by atoms with Crippen LogP contribution >= 0.6 is 0 Å². The van der Waals surface area contributed by atoms with Crippen LogP contribution in [0, 0.1) is 5.92 Å². The van der Waals surface area contributed by atoms with Gasteiger partial charge in [-0.15, -0.1) is 0 Å². The number of rotatable bonds is 8. The van der Waals surface area contributed by atoms with Gasteiger partial charge in [0, 0.05) is 19.7 Å². The molecule has 0 aromatic heterocycles. The van der Waals surface area contributed by atoms with Crippen LogP contribution in [0.3, 0.4) is 0 Å². The Labute approximate surface area is 130 Å². The molecule has 1 atom stereocenters. The molecule has 0 saturated heterocycles. The van der Waals surface area contributed by atoms with Crippen molar-refractivity contribution in [2.75, 3.05) is 14.1 Å². The Morgan fingerprint density at radius 1 is 1.19 bits per heavy atom. The summed E-state index contributed by atoms with van der Waals surface area (Å²) in [7, 11) is 3.53. The predicted molar refractivity (Wildman–Crippen MR) is 88.1 cm³/mol. The van der Waals surface area contributed by atoms with Gasteiger partial charge < -0.3 is 10.0 Å². The van der Waals surface area contributed by atoms with Crippen LogP contribution in [0.1, 0.15) is 71.1 Å². The van der Waals surface area contributed by atoms with Crippen molar-refractivity contribution in [2.24, 2.45) is 5.92 Å². The third-order valence-electron chi connectivity index (χ3n) is 4.49. The molecule has 1 aliphatic carbocycles. The van der Waals surface area contributed by atoms with Crippen molar-refractivity contribution in [2.45, 2.75) is 77.2 Å². The zero-order chi connectivity index (χ0) is 15.7. The standard InChI is InChI=1S/C18H33NO2/c1-4-5-6-7-11-14-16(18(21)19(2)3)17(20)15-12-9-8-10-13-15/h14-15,17,20H,4-13H2,1-3H3/b16-14-. The van der Waals surface area contributed by atoms with Crippen molar-refractivity contribution in [1.29, 1.82) is 0 Å². The lowest BCUT2D eigenvalue weighted by Crippen LogP contribution is -2.34. The molecule has 1 aliphatic rings. The molecule has 0 aromatic carbocycles. The van der Waals surface area contributed by atoms with Crippen molar-refractivity contribution in [1.82, 2.24) is 4.90 Å². The molecule has 1 unspecified atom stereocenters. The van der Waals surface area contributed by atoms with Crippen LogP contribution in [0.25, 0.3) is 0 Å². The van der Waals surface area contributed by atoms with Gasteiger partial charge in [0.2, 0.25) is 0 Å². The van der Waals surface area contributed by atoms with Gasteiger partial charge >= 0.3 is 0 Å². The third-order valence-corrected chi connectivity index (χ3v) is 4.49. The van der Waals surface area contributed by atoms with Crippen LogP contribution in [-0.2, 0) is 4.79 Å². The monoisotopic (exact) mass is 295 g/mol. The highest BCUT2D eigenvalue weighted by Crippen LogP contribution is 2.30. The Bertz CT molecular complexity index is 330. The number of carbonyl (C=O) groups excluding carboxylic acids is 1. The molecule has 3 heteroatoms. The maximum Gasteiger partial charge on any atom is 0.251 e. The van der Waals surface area contributed by atoms with Crippen molar-refractivity contribution in [3.05, 3.63) is 11.6 Å². The van der Waals surface area contributed by atoms with Crippen LogP contribution in [0.2, 0.25) is 0 Å². The largest absolute Gasteiger partial charge is 0.388 e. The zero-order valence-electron chi connectivity index (χ0n) is 14.1. The highest BCUT2D eigenvalue weighted by atomic mass is 16.3. The smallest absolute Gasteiger partial charge is 0.251 e. The molecule has 0 bridgehead atoms. The lowest BCUT2D eigenvalue weighted by Gasteiger charge is -2.29. The minimum Gasteiger partial charge on any atom is -0.388 e. The normalized spacial score (nSPS) is 18.6. The van der Waals surface area contributed by atoms with Gasteiger partial charge in [-0.25, -0.2) is 0 Å². The van der Waals surface area contributed by atoms with Crippen LogP contribution in [-0.4, -0.2) is 36.1 Å². The average molecular weight is 295 g/mol. The van der Waals surface area contributed by atoms with E-state index >= 15 is 0 Å². The fourth-order valence-electron chi connectivity index (χ4n) is 3.13. The van der Waals surface area contributed by atoms with E-state index in [0.717, 1.165) is 25.7 Å². The number of aliphatic hydroxyl groups is 1. The summed E-state index contributed by atoms with van der Waals surface area (Å²) in [5.74, 6) is 0.244. The molecule has 1 saturated carbocycles. The SMILES string of the molecule is CCCCCC/C=C(\C(=O)N(C)C)C(O)C1CCCCC1.